The van der Waals surface area contributed by atoms with E-state index < -0.39 is 0 Å². The molecule has 0 radical (unpaired) electrons. The summed E-state index contributed by atoms with van der Waals surface area (Å²) in [6.45, 7) is 5.70. The van der Waals surface area contributed by atoms with Gasteiger partial charge in [-0.1, -0.05) is 0 Å². The Morgan fingerprint density at radius 2 is 2.44 bits per heavy atom. The van der Waals surface area contributed by atoms with E-state index in [2.05, 4.69) is 33.2 Å². The van der Waals surface area contributed by atoms with Crippen molar-refractivity contribution in [2.45, 2.75) is 32.7 Å². The van der Waals surface area contributed by atoms with E-state index in [0.29, 0.717) is 17.4 Å². The van der Waals surface area contributed by atoms with Gasteiger partial charge in [0.25, 0.3) is 5.91 Å². The van der Waals surface area contributed by atoms with Gasteiger partial charge in [0.2, 0.25) is 0 Å². The number of anilines is 1. The molecule has 1 saturated heterocycles. The van der Waals surface area contributed by atoms with Crippen LogP contribution >= 0.6 is 15.9 Å². The van der Waals surface area contributed by atoms with Crippen LogP contribution in [0.15, 0.2) is 16.7 Å². The minimum atomic E-state index is 0.0738. The van der Waals surface area contributed by atoms with Crippen LogP contribution in [0.25, 0.3) is 0 Å². The van der Waals surface area contributed by atoms with Crippen LogP contribution in [0.5, 0.6) is 0 Å². The molecule has 18 heavy (non-hydrogen) atoms. The molecule has 1 fully saturated rings. The number of nitrogens with one attached hydrogen (secondary N) is 1. The van der Waals surface area contributed by atoms with Gasteiger partial charge in [-0.3, -0.25) is 4.79 Å². The fraction of sp³-hybridized carbons (Fsp3) is 0.538. The molecule has 4 nitrogen and oxygen atoms in total. The number of amides is 1. The summed E-state index contributed by atoms with van der Waals surface area (Å²) in [5.74, 6) is 0.745. The fourth-order valence-corrected chi connectivity index (χ4v) is 2.63. The van der Waals surface area contributed by atoms with Gasteiger partial charge in [-0.2, -0.15) is 0 Å². The molecule has 1 aliphatic heterocycles. The Kier molecular flexibility index (Phi) is 4.22. The number of aromatic nitrogens is 1. The molecule has 5 heteroatoms. The summed E-state index contributed by atoms with van der Waals surface area (Å²) in [4.78, 5) is 18.7. The van der Waals surface area contributed by atoms with Gasteiger partial charge in [0.15, 0.2) is 0 Å². The van der Waals surface area contributed by atoms with Gasteiger partial charge in [-0.15, -0.1) is 0 Å². The zero-order valence-corrected chi connectivity index (χ0v) is 12.3. The van der Waals surface area contributed by atoms with E-state index in [-0.39, 0.29) is 5.91 Å². The molecule has 0 spiro atoms. The van der Waals surface area contributed by atoms with Crippen molar-refractivity contribution in [1.82, 2.24) is 9.88 Å². The molecule has 2 rings (SSSR count). The summed E-state index contributed by atoms with van der Waals surface area (Å²) in [7, 11) is 0. The summed E-state index contributed by atoms with van der Waals surface area (Å²) in [5, 5.41) is 3.14. The fourth-order valence-electron chi connectivity index (χ4n) is 2.30. The Bertz CT molecular complexity index is 450. The normalized spacial score (nSPS) is 19.1. The Labute approximate surface area is 116 Å². The van der Waals surface area contributed by atoms with Crippen LogP contribution in [0.4, 0.5) is 5.82 Å². The third-order valence-corrected chi connectivity index (χ3v) is 3.68. The molecule has 0 aliphatic carbocycles. The van der Waals surface area contributed by atoms with Crippen LogP contribution in [-0.4, -0.2) is 34.9 Å². The van der Waals surface area contributed by atoms with E-state index in [9.17, 15) is 4.79 Å². The lowest BCUT2D eigenvalue weighted by atomic mass is 10.2. The van der Waals surface area contributed by atoms with E-state index in [4.69, 9.17) is 0 Å². The first-order valence-corrected chi connectivity index (χ1v) is 7.13. The Hall–Kier alpha value is -1.10. The summed E-state index contributed by atoms with van der Waals surface area (Å²) in [5.41, 5.74) is 0.653. The molecule has 1 atom stereocenters. The van der Waals surface area contributed by atoms with Crippen LogP contribution in [-0.2, 0) is 0 Å². The number of nitrogens with zero attached hydrogens (tertiary/aromatic N) is 2. The molecule has 0 bridgehead atoms. The van der Waals surface area contributed by atoms with Crippen LogP contribution < -0.4 is 5.32 Å². The van der Waals surface area contributed by atoms with Crippen molar-refractivity contribution in [1.29, 1.82) is 0 Å². The van der Waals surface area contributed by atoms with Crippen molar-refractivity contribution in [3.05, 3.63) is 22.3 Å². The number of rotatable bonds is 3. The van der Waals surface area contributed by atoms with E-state index in [1.165, 1.54) is 0 Å². The SMILES string of the molecule is CCNc1ncc(Br)cc1C(=O)N1CCCC1C. The van der Waals surface area contributed by atoms with Crippen molar-refractivity contribution in [2.24, 2.45) is 0 Å². The maximum atomic E-state index is 12.5. The monoisotopic (exact) mass is 311 g/mol. The van der Waals surface area contributed by atoms with Gasteiger partial charge < -0.3 is 10.2 Å². The summed E-state index contributed by atoms with van der Waals surface area (Å²) >= 11 is 3.38. The second-order valence-electron chi connectivity index (χ2n) is 4.57. The molecule has 0 aromatic carbocycles. The zero-order chi connectivity index (χ0) is 13.1. The van der Waals surface area contributed by atoms with Crippen LogP contribution in [0.3, 0.4) is 0 Å². The lowest BCUT2D eigenvalue weighted by molar-refractivity contribution is 0.0748. The first-order chi connectivity index (χ1) is 8.63. The number of hydrogen-bond acceptors (Lipinski definition) is 3. The van der Waals surface area contributed by atoms with Gasteiger partial charge in [0, 0.05) is 29.8 Å². The lowest BCUT2D eigenvalue weighted by Gasteiger charge is -2.22. The minimum absolute atomic E-state index is 0.0738. The van der Waals surface area contributed by atoms with Crippen molar-refractivity contribution in [3.8, 4) is 0 Å². The van der Waals surface area contributed by atoms with Crippen molar-refractivity contribution >= 4 is 27.7 Å². The predicted molar refractivity (Wildman–Crippen MR) is 75.8 cm³/mol. The average molecular weight is 312 g/mol. The van der Waals surface area contributed by atoms with Gasteiger partial charge >= 0.3 is 0 Å². The highest BCUT2D eigenvalue weighted by Gasteiger charge is 2.27. The first kappa shape index (κ1) is 13.3. The number of carbonyl (C=O) groups is 1. The van der Waals surface area contributed by atoms with Gasteiger partial charge in [-0.25, -0.2) is 4.98 Å². The van der Waals surface area contributed by atoms with Crippen molar-refractivity contribution in [3.63, 3.8) is 0 Å². The van der Waals surface area contributed by atoms with Crippen LogP contribution in [0.2, 0.25) is 0 Å². The standard InChI is InChI=1S/C13H18BrN3O/c1-3-15-12-11(7-10(14)8-16-12)13(18)17-6-4-5-9(17)2/h7-9H,3-6H2,1-2H3,(H,15,16). The first-order valence-electron chi connectivity index (χ1n) is 6.34. The quantitative estimate of drug-likeness (QED) is 0.933. The van der Waals surface area contributed by atoms with Gasteiger partial charge in [-0.05, 0) is 48.7 Å². The molecular weight excluding hydrogens is 294 g/mol. The second-order valence-corrected chi connectivity index (χ2v) is 5.49. The number of likely N-dealkylation sites (tertiary alicyclic amines) is 1. The van der Waals surface area contributed by atoms with E-state index in [0.717, 1.165) is 30.4 Å². The van der Waals surface area contributed by atoms with E-state index in [1.54, 1.807) is 6.20 Å². The largest absolute Gasteiger partial charge is 0.370 e. The minimum Gasteiger partial charge on any atom is -0.370 e. The zero-order valence-electron chi connectivity index (χ0n) is 10.7. The van der Waals surface area contributed by atoms with E-state index >= 15 is 0 Å². The molecule has 1 aromatic heterocycles. The molecule has 1 aliphatic rings. The highest BCUT2D eigenvalue weighted by Crippen LogP contribution is 2.24. The number of carbonyl (C=O) groups excluding carboxylic acids is 1. The maximum absolute atomic E-state index is 12.5. The average Bonchev–Trinajstić information content (AvgIpc) is 2.77. The number of pyridine rings is 1. The van der Waals surface area contributed by atoms with Crippen LogP contribution in [0.1, 0.15) is 37.0 Å². The molecule has 1 amide bonds. The third-order valence-electron chi connectivity index (χ3n) is 3.24. The van der Waals surface area contributed by atoms with E-state index in [1.807, 2.05) is 17.9 Å². The molecule has 1 N–H and O–H groups in total. The highest BCUT2D eigenvalue weighted by atomic mass is 79.9. The smallest absolute Gasteiger partial charge is 0.257 e. The maximum Gasteiger partial charge on any atom is 0.257 e. The predicted octanol–water partition coefficient (Wildman–Crippen LogP) is 2.90. The molecule has 2 heterocycles. The molecule has 0 saturated carbocycles. The lowest BCUT2D eigenvalue weighted by Crippen LogP contribution is -2.34. The molecular formula is C13H18BrN3O. The highest BCUT2D eigenvalue weighted by molar-refractivity contribution is 9.10. The number of halogens is 1. The molecule has 98 valence electrons. The van der Waals surface area contributed by atoms with Crippen LogP contribution in [0, 0.1) is 0 Å². The van der Waals surface area contributed by atoms with Crippen molar-refractivity contribution < 1.29 is 4.79 Å². The summed E-state index contributed by atoms with van der Waals surface area (Å²) in [6.07, 6.45) is 3.89. The summed E-state index contributed by atoms with van der Waals surface area (Å²) in [6, 6.07) is 2.17. The Balaban J connectivity index is 2.30. The molecule has 1 aromatic rings. The third kappa shape index (κ3) is 2.66. The van der Waals surface area contributed by atoms with Gasteiger partial charge in [0.1, 0.15) is 5.82 Å². The second kappa shape index (κ2) is 5.69. The summed E-state index contributed by atoms with van der Waals surface area (Å²) < 4.78 is 0.833. The number of hydrogen-bond donors (Lipinski definition) is 1. The topological polar surface area (TPSA) is 45.2 Å². The van der Waals surface area contributed by atoms with Crippen molar-refractivity contribution in [2.75, 3.05) is 18.4 Å². The Morgan fingerprint density at radius 3 is 3.06 bits per heavy atom. The van der Waals surface area contributed by atoms with Gasteiger partial charge in [0.05, 0.1) is 5.56 Å². The Morgan fingerprint density at radius 1 is 1.67 bits per heavy atom. The molecule has 1 unspecified atom stereocenters.